The van der Waals surface area contributed by atoms with Gasteiger partial charge in [-0.05, 0) is 12.0 Å². The molecule has 0 radical (unpaired) electrons. The summed E-state index contributed by atoms with van der Waals surface area (Å²) >= 11 is 1.84. The molecule has 5 nitrogen and oxygen atoms in total. The number of hydrogen-bond donors (Lipinski definition) is 2. The topological polar surface area (TPSA) is 78.9 Å². The molecule has 0 spiro atoms. The lowest BCUT2D eigenvalue weighted by Crippen LogP contribution is -2.46. The van der Waals surface area contributed by atoms with Gasteiger partial charge in [-0.2, -0.15) is 11.8 Å². The molecule has 1 aliphatic rings. The molecule has 0 aliphatic carbocycles. The van der Waals surface area contributed by atoms with Gasteiger partial charge in [-0.15, -0.1) is 0 Å². The van der Waals surface area contributed by atoms with E-state index in [4.69, 9.17) is 10.9 Å². The Labute approximate surface area is 122 Å². The maximum atomic E-state index is 12.5. The van der Waals surface area contributed by atoms with Gasteiger partial charge in [0, 0.05) is 24.6 Å². The molecule has 0 saturated carbocycles. The first kappa shape index (κ1) is 14.7. The molecule has 1 aliphatic heterocycles. The maximum absolute atomic E-state index is 12.5. The first-order valence-electron chi connectivity index (χ1n) is 6.60. The Morgan fingerprint density at radius 3 is 2.60 bits per heavy atom. The van der Waals surface area contributed by atoms with E-state index >= 15 is 0 Å². The molecule has 1 heterocycles. The fraction of sp³-hybridized carbons (Fsp3) is 0.429. The Morgan fingerprint density at radius 1 is 1.35 bits per heavy atom. The summed E-state index contributed by atoms with van der Waals surface area (Å²) in [5.74, 6) is 1.23. The minimum Gasteiger partial charge on any atom is -0.409 e. The van der Waals surface area contributed by atoms with E-state index in [0.29, 0.717) is 6.42 Å². The smallest absolute Gasteiger partial charge is 0.233 e. The minimum atomic E-state index is -0.592. The molecule has 0 aromatic heterocycles. The first-order chi connectivity index (χ1) is 9.72. The van der Waals surface area contributed by atoms with Gasteiger partial charge in [0.1, 0.15) is 5.92 Å². The molecule has 6 heteroatoms. The van der Waals surface area contributed by atoms with Crippen LogP contribution in [-0.4, -0.2) is 46.4 Å². The van der Waals surface area contributed by atoms with Crippen LogP contribution in [-0.2, 0) is 11.2 Å². The standard InChI is InChI=1S/C14H19N3O2S/c15-13(16-19)12(10-11-4-2-1-3-5-11)14(18)17-6-8-20-9-7-17/h1-5,12,19H,6-10H2,(H2,15,16). The zero-order chi connectivity index (χ0) is 14.4. The summed E-state index contributed by atoms with van der Waals surface area (Å²) in [5.41, 5.74) is 6.72. The van der Waals surface area contributed by atoms with Gasteiger partial charge in [0.2, 0.25) is 5.91 Å². The number of amidine groups is 1. The number of thioether (sulfide) groups is 1. The van der Waals surface area contributed by atoms with E-state index in [-0.39, 0.29) is 11.7 Å². The van der Waals surface area contributed by atoms with Crippen molar-refractivity contribution >= 4 is 23.5 Å². The van der Waals surface area contributed by atoms with E-state index in [1.807, 2.05) is 47.0 Å². The molecule has 1 aromatic rings. The van der Waals surface area contributed by atoms with Crippen LogP contribution in [0.2, 0.25) is 0 Å². The number of benzene rings is 1. The second-order valence-corrected chi connectivity index (χ2v) is 5.93. The Hall–Kier alpha value is -1.69. The van der Waals surface area contributed by atoms with Crippen molar-refractivity contribution in [3.63, 3.8) is 0 Å². The fourth-order valence-electron chi connectivity index (χ4n) is 2.24. The monoisotopic (exact) mass is 293 g/mol. The van der Waals surface area contributed by atoms with E-state index in [1.54, 1.807) is 0 Å². The average Bonchev–Trinajstić information content (AvgIpc) is 2.53. The van der Waals surface area contributed by atoms with Crippen molar-refractivity contribution in [2.24, 2.45) is 16.8 Å². The van der Waals surface area contributed by atoms with Gasteiger partial charge < -0.3 is 15.8 Å². The number of amides is 1. The third-order valence-corrected chi connectivity index (χ3v) is 4.32. The highest BCUT2D eigenvalue weighted by atomic mass is 32.2. The van der Waals surface area contributed by atoms with Crippen molar-refractivity contribution in [3.05, 3.63) is 35.9 Å². The number of nitrogens with zero attached hydrogens (tertiary/aromatic N) is 2. The van der Waals surface area contributed by atoms with E-state index < -0.39 is 5.92 Å². The number of nitrogens with two attached hydrogens (primary N) is 1. The van der Waals surface area contributed by atoms with Crippen molar-refractivity contribution in [3.8, 4) is 0 Å². The summed E-state index contributed by atoms with van der Waals surface area (Å²) in [6, 6.07) is 9.64. The van der Waals surface area contributed by atoms with Crippen molar-refractivity contribution in [1.82, 2.24) is 4.90 Å². The lowest BCUT2D eigenvalue weighted by atomic mass is 9.96. The summed E-state index contributed by atoms with van der Waals surface area (Å²) < 4.78 is 0. The molecular formula is C14H19N3O2S. The van der Waals surface area contributed by atoms with E-state index in [1.165, 1.54) is 0 Å². The number of carbonyl (C=O) groups excluding carboxylic acids is 1. The van der Waals surface area contributed by atoms with Gasteiger partial charge in [-0.1, -0.05) is 35.5 Å². The molecule has 0 bridgehead atoms. The third-order valence-electron chi connectivity index (χ3n) is 3.38. The highest BCUT2D eigenvalue weighted by Gasteiger charge is 2.29. The molecule has 1 amide bonds. The molecule has 3 N–H and O–H groups in total. The molecular weight excluding hydrogens is 274 g/mol. The summed E-state index contributed by atoms with van der Waals surface area (Å²) in [4.78, 5) is 14.4. The molecule has 20 heavy (non-hydrogen) atoms. The molecule has 1 unspecified atom stereocenters. The minimum absolute atomic E-state index is 0.0166. The van der Waals surface area contributed by atoms with Crippen molar-refractivity contribution < 1.29 is 10.0 Å². The van der Waals surface area contributed by atoms with Gasteiger partial charge in [-0.3, -0.25) is 4.79 Å². The Kier molecular flexibility index (Phi) is 5.29. The summed E-state index contributed by atoms with van der Waals surface area (Å²) in [7, 11) is 0. The van der Waals surface area contributed by atoms with Crippen LogP contribution in [0.3, 0.4) is 0 Å². The predicted molar refractivity (Wildman–Crippen MR) is 80.9 cm³/mol. The average molecular weight is 293 g/mol. The molecule has 1 atom stereocenters. The highest BCUT2D eigenvalue weighted by Crippen LogP contribution is 2.16. The normalized spacial score (nSPS) is 17.8. The van der Waals surface area contributed by atoms with E-state index in [2.05, 4.69) is 5.16 Å². The number of oxime groups is 1. The van der Waals surface area contributed by atoms with Crippen LogP contribution in [0.15, 0.2) is 35.5 Å². The predicted octanol–water partition coefficient (Wildman–Crippen LogP) is 1.17. The highest BCUT2D eigenvalue weighted by molar-refractivity contribution is 7.99. The Morgan fingerprint density at radius 2 is 2.00 bits per heavy atom. The molecule has 2 rings (SSSR count). The zero-order valence-electron chi connectivity index (χ0n) is 11.2. The molecule has 1 saturated heterocycles. The number of rotatable bonds is 4. The lowest BCUT2D eigenvalue weighted by molar-refractivity contribution is -0.133. The van der Waals surface area contributed by atoms with Crippen LogP contribution in [0.1, 0.15) is 5.56 Å². The van der Waals surface area contributed by atoms with Crippen molar-refractivity contribution in [2.45, 2.75) is 6.42 Å². The maximum Gasteiger partial charge on any atom is 0.233 e. The summed E-state index contributed by atoms with van der Waals surface area (Å²) in [6.07, 6.45) is 0.458. The van der Waals surface area contributed by atoms with Crippen LogP contribution in [0.5, 0.6) is 0 Å². The molecule has 1 fully saturated rings. The van der Waals surface area contributed by atoms with Crippen LogP contribution in [0.4, 0.5) is 0 Å². The van der Waals surface area contributed by atoms with Crippen LogP contribution < -0.4 is 5.73 Å². The second-order valence-electron chi connectivity index (χ2n) is 4.70. The molecule has 1 aromatic carbocycles. The van der Waals surface area contributed by atoms with Crippen LogP contribution in [0.25, 0.3) is 0 Å². The second kappa shape index (κ2) is 7.19. The fourth-order valence-corrected chi connectivity index (χ4v) is 3.15. The van der Waals surface area contributed by atoms with Gasteiger partial charge in [-0.25, -0.2) is 0 Å². The number of carbonyl (C=O) groups is 1. The quantitative estimate of drug-likeness (QED) is 0.378. The number of hydrogen-bond acceptors (Lipinski definition) is 4. The van der Waals surface area contributed by atoms with E-state index in [0.717, 1.165) is 30.2 Å². The van der Waals surface area contributed by atoms with Crippen molar-refractivity contribution in [1.29, 1.82) is 0 Å². The Balaban J connectivity index is 2.12. The largest absolute Gasteiger partial charge is 0.409 e. The lowest BCUT2D eigenvalue weighted by Gasteiger charge is -2.29. The van der Waals surface area contributed by atoms with Crippen LogP contribution in [0, 0.1) is 5.92 Å². The van der Waals surface area contributed by atoms with Gasteiger partial charge in [0.05, 0.1) is 0 Å². The van der Waals surface area contributed by atoms with Crippen LogP contribution >= 0.6 is 11.8 Å². The first-order valence-corrected chi connectivity index (χ1v) is 7.75. The summed E-state index contributed by atoms with van der Waals surface area (Å²) in [5, 5.41) is 12.0. The Bertz CT molecular complexity index is 473. The zero-order valence-corrected chi connectivity index (χ0v) is 12.1. The van der Waals surface area contributed by atoms with E-state index in [9.17, 15) is 4.79 Å². The van der Waals surface area contributed by atoms with Gasteiger partial charge in [0.25, 0.3) is 0 Å². The van der Waals surface area contributed by atoms with Gasteiger partial charge in [0.15, 0.2) is 5.84 Å². The SMILES string of the molecule is NC(=NO)C(Cc1ccccc1)C(=O)N1CCSCC1. The van der Waals surface area contributed by atoms with Crippen molar-refractivity contribution in [2.75, 3.05) is 24.6 Å². The van der Waals surface area contributed by atoms with Gasteiger partial charge >= 0.3 is 0 Å². The summed E-state index contributed by atoms with van der Waals surface area (Å²) in [6.45, 7) is 1.46. The third kappa shape index (κ3) is 3.66. The molecule has 108 valence electrons.